The van der Waals surface area contributed by atoms with Crippen LogP contribution in [0.3, 0.4) is 0 Å². The number of hydrogen-bond acceptors (Lipinski definition) is 2. The lowest BCUT2D eigenvalue weighted by Gasteiger charge is -2.20. The van der Waals surface area contributed by atoms with E-state index in [4.69, 9.17) is 11.6 Å². The first-order valence-electron chi connectivity index (χ1n) is 5.27. The van der Waals surface area contributed by atoms with Crippen molar-refractivity contribution in [1.29, 1.82) is 0 Å². The summed E-state index contributed by atoms with van der Waals surface area (Å²) in [7, 11) is 0. The van der Waals surface area contributed by atoms with Crippen molar-refractivity contribution < 1.29 is 4.79 Å². The molecule has 0 radical (unpaired) electrons. The lowest BCUT2D eigenvalue weighted by molar-refractivity contribution is 0.0770. The van der Waals surface area contributed by atoms with Gasteiger partial charge in [0.1, 0.15) is 0 Å². The van der Waals surface area contributed by atoms with Gasteiger partial charge >= 0.3 is 0 Å². The first-order valence-corrected chi connectivity index (χ1v) is 6.87. The molecule has 1 aromatic rings. The zero-order valence-electron chi connectivity index (χ0n) is 9.79. The standard InChI is InChI=1S/C12H16ClNOS/c1-4-14(5-2)12(15)11-9(13)7-6-8-10(11)16-3/h6-8H,4-5H2,1-3H3. The molecule has 0 aromatic heterocycles. The molecule has 1 rings (SSSR count). The van der Waals surface area contributed by atoms with Gasteiger partial charge in [-0.05, 0) is 32.2 Å². The van der Waals surface area contributed by atoms with Crippen molar-refractivity contribution in [2.24, 2.45) is 0 Å². The Morgan fingerprint density at radius 2 is 2.00 bits per heavy atom. The second kappa shape index (κ2) is 6.16. The van der Waals surface area contributed by atoms with Gasteiger partial charge in [0.15, 0.2) is 0 Å². The monoisotopic (exact) mass is 257 g/mol. The fourth-order valence-electron chi connectivity index (χ4n) is 1.55. The van der Waals surface area contributed by atoms with E-state index < -0.39 is 0 Å². The van der Waals surface area contributed by atoms with Gasteiger partial charge in [-0.25, -0.2) is 0 Å². The van der Waals surface area contributed by atoms with Crippen molar-refractivity contribution in [2.45, 2.75) is 18.7 Å². The summed E-state index contributed by atoms with van der Waals surface area (Å²) >= 11 is 7.64. The van der Waals surface area contributed by atoms with Crippen LogP contribution in [0.5, 0.6) is 0 Å². The molecule has 0 spiro atoms. The summed E-state index contributed by atoms with van der Waals surface area (Å²) in [6.07, 6.45) is 1.95. The topological polar surface area (TPSA) is 20.3 Å². The van der Waals surface area contributed by atoms with Crippen LogP contribution in [0, 0.1) is 0 Å². The SMILES string of the molecule is CCN(CC)C(=O)c1c(Cl)cccc1SC. The van der Waals surface area contributed by atoms with E-state index >= 15 is 0 Å². The molecule has 0 atom stereocenters. The molecule has 0 aliphatic rings. The molecule has 16 heavy (non-hydrogen) atoms. The molecule has 0 heterocycles. The third kappa shape index (κ3) is 2.71. The largest absolute Gasteiger partial charge is 0.339 e. The van der Waals surface area contributed by atoms with Crippen LogP contribution in [0.1, 0.15) is 24.2 Å². The van der Waals surface area contributed by atoms with Crippen molar-refractivity contribution >= 4 is 29.3 Å². The van der Waals surface area contributed by atoms with E-state index in [-0.39, 0.29) is 5.91 Å². The highest BCUT2D eigenvalue weighted by molar-refractivity contribution is 7.98. The van der Waals surface area contributed by atoms with Crippen LogP contribution < -0.4 is 0 Å². The number of amides is 1. The average molecular weight is 258 g/mol. The van der Waals surface area contributed by atoms with Crippen molar-refractivity contribution in [2.75, 3.05) is 19.3 Å². The van der Waals surface area contributed by atoms with Gasteiger partial charge in [-0.15, -0.1) is 11.8 Å². The van der Waals surface area contributed by atoms with Gasteiger partial charge in [0.25, 0.3) is 5.91 Å². The second-order valence-electron chi connectivity index (χ2n) is 3.29. The van der Waals surface area contributed by atoms with Gasteiger partial charge in [-0.1, -0.05) is 17.7 Å². The Bertz CT molecular complexity index is 377. The maximum absolute atomic E-state index is 12.2. The molecule has 0 aliphatic carbocycles. The number of rotatable bonds is 4. The number of hydrogen-bond donors (Lipinski definition) is 0. The van der Waals surface area contributed by atoms with Gasteiger partial charge in [0, 0.05) is 18.0 Å². The van der Waals surface area contributed by atoms with Crippen LogP contribution in [0.2, 0.25) is 5.02 Å². The summed E-state index contributed by atoms with van der Waals surface area (Å²) in [6, 6.07) is 5.55. The van der Waals surface area contributed by atoms with E-state index in [9.17, 15) is 4.79 Å². The molecule has 0 unspecified atom stereocenters. The Balaban J connectivity index is 3.16. The van der Waals surface area contributed by atoms with E-state index in [1.807, 2.05) is 32.2 Å². The van der Waals surface area contributed by atoms with Crippen molar-refractivity contribution in [3.63, 3.8) is 0 Å². The highest BCUT2D eigenvalue weighted by Gasteiger charge is 2.19. The fourth-order valence-corrected chi connectivity index (χ4v) is 2.48. The minimum atomic E-state index is 0.0138. The zero-order chi connectivity index (χ0) is 12.1. The number of nitrogens with zero attached hydrogens (tertiary/aromatic N) is 1. The lowest BCUT2D eigenvalue weighted by atomic mass is 10.2. The van der Waals surface area contributed by atoms with Crippen LogP contribution >= 0.6 is 23.4 Å². The molecule has 0 saturated carbocycles. The Morgan fingerprint density at radius 3 is 2.50 bits per heavy atom. The highest BCUT2D eigenvalue weighted by atomic mass is 35.5. The Labute approximate surface area is 106 Å². The fraction of sp³-hybridized carbons (Fsp3) is 0.417. The second-order valence-corrected chi connectivity index (χ2v) is 4.55. The van der Waals surface area contributed by atoms with Crippen LogP contribution in [-0.2, 0) is 0 Å². The summed E-state index contributed by atoms with van der Waals surface area (Å²) < 4.78 is 0. The summed E-state index contributed by atoms with van der Waals surface area (Å²) in [5.41, 5.74) is 0.625. The van der Waals surface area contributed by atoms with E-state index in [1.165, 1.54) is 0 Å². The van der Waals surface area contributed by atoms with Crippen LogP contribution in [0.15, 0.2) is 23.1 Å². The molecule has 1 aromatic carbocycles. The average Bonchev–Trinajstić information content (AvgIpc) is 2.29. The predicted octanol–water partition coefficient (Wildman–Crippen LogP) is 3.54. The molecule has 1 amide bonds. The molecule has 88 valence electrons. The number of carbonyl (C=O) groups excluding carboxylic acids is 1. The predicted molar refractivity (Wildman–Crippen MR) is 70.5 cm³/mol. The lowest BCUT2D eigenvalue weighted by Crippen LogP contribution is -2.31. The van der Waals surface area contributed by atoms with Crippen LogP contribution in [-0.4, -0.2) is 30.2 Å². The van der Waals surface area contributed by atoms with Gasteiger partial charge in [0.2, 0.25) is 0 Å². The minimum absolute atomic E-state index is 0.0138. The number of carbonyl (C=O) groups is 1. The van der Waals surface area contributed by atoms with Gasteiger partial charge in [-0.2, -0.15) is 0 Å². The molecule has 0 fully saturated rings. The van der Waals surface area contributed by atoms with Crippen molar-refractivity contribution in [1.82, 2.24) is 4.90 Å². The Morgan fingerprint density at radius 1 is 1.38 bits per heavy atom. The van der Waals surface area contributed by atoms with E-state index in [1.54, 1.807) is 22.7 Å². The van der Waals surface area contributed by atoms with Gasteiger partial charge < -0.3 is 4.90 Å². The number of thioether (sulfide) groups is 1. The molecular weight excluding hydrogens is 242 g/mol. The summed E-state index contributed by atoms with van der Waals surface area (Å²) in [6.45, 7) is 5.34. The highest BCUT2D eigenvalue weighted by Crippen LogP contribution is 2.28. The smallest absolute Gasteiger partial charge is 0.256 e. The number of halogens is 1. The summed E-state index contributed by atoms with van der Waals surface area (Å²) in [5.74, 6) is 0.0138. The molecular formula is C12H16ClNOS. The van der Waals surface area contributed by atoms with Gasteiger partial charge in [0.05, 0.1) is 10.6 Å². The van der Waals surface area contributed by atoms with E-state index in [0.29, 0.717) is 23.7 Å². The zero-order valence-corrected chi connectivity index (χ0v) is 11.4. The molecule has 0 bridgehead atoms. The van der Waals surface area contributed by atoms with E-state index in [0.717, 1.165) is 4.90 Å². The first kappa shape index (κ1) is 13.4. The quantitative estimate of drug-likeness (QED) is 0.769. The Kier molecular flexibility index (Phi) is 5.16. The molecule has 4 heteroatoms. The first-order chi connectivity index (χ1) is 7.65. The minimum Gasteiger partial charge on any atom is -0.339 e. The Hall–Kier alpha value is -0.670. The molecule has 2 nitrogen and oxygen atoms in total. The molecule has 0 saturated heterocycles. The molecule has 0 N–H and O–H groups in total. The van der Waals surface area contributed by atoms with Gasteiger partial charge in [-0.3, -0.25) is 4.79 Å². The third-order valence-electron chi connectivity index (χ3n) is 2.46. The summed E-state index contributed by atoms with van der Waals surface area (Å²) in [4.78, 5) is 14.9. The maximum Gasteiger partial charge on any atom is 0.256 e. The van der Waals surface area contributed by atoms with Crippen LogP contribution in [0.25, 0.3) is 0 Å². The summed E-state index contributed by atoms with van der Waals surface area (Å²) in [5, 5.41) is 0.531. The van der Waals surface area contributed by atoms with E-state index in [2.05, 4.69) is 0 Å². The van der Waals surface area contributed by atoms with Crippen LogP contribution in [0.4, 0.5) is 0 Å². The molecule has 0 aliphatic heterocycles. The maximum atomic E-state index is 12.2. The normalized spacial score (nSPS) is 10.2. The third-order valence-corrected chi connectivity index (χ3v) is 3.55. The van der Waals surface area contributed by atoms with Crippen molar-refractivity contribution in [3.8, 4) is 0 Å². The van der Waals surface area contributed by atoms with Crippen molar-refractivity contribution in [3.05, 3.63) is 28.8 Å². The number of benzene rings is 1.